The zero-order valence-electron chi connectivity index (χ0n) is 20.1. The number of nitrogens with zero attached hydrogens (tertiary/aromatic N) is 2. The van der Waals surface area contributed by atoms with E-state index < -0.39 is 11.9 Å². The van der Waals surface area contributed by atoms with E-state index in [0.29, 0.717) is 36.5 Å². The minimum atomic E-state index is -0.489. The van der Waals surface area contributed by atoms with Crippen molar-refractivity contribution in [1.82, 2.24) is 10.0 Å². The summed E-state index contributed by atoms with van der Waals surface area (Å²) in [6.45, 7) is 2.32. The van der Waals surface area contributed by atoms with Gasteiger partial charge in [0.2, 0.25) is 0 Å². The Morgan fingerprint density at radius 1 is 1.20 bits per heavy atom. The molecule has 1 N–H and O–H groups in total. The van der Waals surface area contributed by atoms with Crippen molar-refractivity contribution < 1.29 is 23.9 Å². The number of hydroxylamine groups is 2. The molecule has 1 aliphatic rings. The van der Waals surface area contributed by atoms with Gasteiger partial charge in [-0.1, -0.05) is 30.3 Å². The van der Waals surface area contributed by atoms with E-state index in [9.17, 15) is 14.3 Å². The maximum Gasteiger partial charge on any atom is 0.279 e. The van der Waals surface area contributed by atoms with E-state index in [0.717, 1.165) is 29.5 Å². The van der Waals surface area contributed by atoms with Crippen molar-refractivity contribution in [2.75, 3.05) is 13.7 Å². The summed E-state index contributed by atoms with van der Waals surface area (Å²) in [5, 5.41) is 11.0. The number of aryl methyl sites for hydroxylation is 1. The van der Waals surface area contributed by atoms with Crippen LogP contribution in [0.4, 0.5) is 4.39 Å². The Morgan fingerprint density at radius 3 is 2.71 bits per heavy atom. The highest BCUT2D eigenvalue weighted by Gasteiger charge is 2.26. The molecule has 3 aromatic rings. The van der Waals surface area contributed by atoms with Gasteiger partial charge in [-0.3, -0.25) is 14.6 Å². The van der Waals surface area contributed by atoms with Crippen LogP contribution in [-0.4, -0.2) is 40.9 Å². The highest BCUT2D eigenvalue weighted by atomic mass is 19.1. The molecule has 4 rings (SSSR count). The molecule has 0 aliphatic heterocycles. The number of carbonyl (C=O) groups is 1. The average molecular weight is 479 g/mol. The van der Waals surface area contributed by atoms with Gasteiger partial charge in [0.1, 0.15) is 0 Å². The molecule has 35 heavy (non-hydrogen) atoms. The van der Waals surface area contributed by atoms with Gasteiger partial charge in [0.25, 0.3) is 5.91 Å². The number of methoxy groups -OCH3 is 1. The first kappa shape index (κ1) is 24.8. The molecule has 1 atom stereocenters. The van der Waals surface area contributed by atoms with Crippen LogP contribution in [0.1, 0.15) is 47.7 Å². The monoisotopic (exact) mass is 478 g/mol. The van der Waals surface area contributed by atoms with E-state index in [4.69, 9.17) is 9.57 Å². The Morgan fingerprint density at radius 2 is 2.00 bits per heavy atom. The molecule has 2 aromatic carbocycles. The van der Waals surface area contributed by atoms with Crippen LogP contribution in [0.2, 0.25) is 0 Å². The number of rotatable bonds is 11. The Hall–Kier alpha value is -3.29. The predicted octanol–water partition coefficient (Wildman–Crippen LogP) is 5.19. The zero-order valence-corrected chi connectivity index (χ0v) is 20.1. The van der Waals surface area contributed by atoms with Gasteiger partial charge in [0.15, 0.2) is 11.6 Å². The van der Waals surface area contributed by atoms with Crippen molar-refractivity contribution in [2.24, 2.45) is 5.92 Å². The van der Waals surface area contributed by atoms with Gasteiger partial charge in [0.05, 0.1) is 31.9 Å². The van der Waals surface area contributed by atoms with E-state index in [1.165, 1.54) is 24.4 Å². The first-order chi connectivity index (χ1) is 16.9. The van der Waals surface area contributed by atoms with E-state index in [2.05, 4.69) is 4.98 Å². The van der Waals surface area contributed by atoms with Crippen LogP contribution in [0.25, 0.3) is 11.1 Å². The van der Waals surface area contributed by atoms with Crippen LogP contribution in [0.15, 0.2) is 60.9 Å². The molecule has 0 spiro atoms. The summed E-state index contributed by atoms with van der Waals surface area (Å²) in [7, 11) is 1.41. The fourth-order valence-electron chi connectivity index (χ4n) is 3.86. The SMILES string of the molecule is COc1ccc(CN(OCC2CC2)C(=O)c2cncc(-c3ccccc3CC[C@@H](C)O)c2)cc1F. The van der Waals surface area contributed by atoms with Crippen LogP contribution >= 0.6 is 0 Å². The second kappa shape index (κ2) is 11.4. The van der Waals surface area contributed by atoms with Crippen molar-refractivity contribution in [3.05, 3.63) is 83.4 Å². The van der Waals surface area contributed by atoms with Gasteiger partial charge in [-0.15, -0.1) is 0 Å². The third kappa shape index (κ3) is 6.65. The van der Waals surface area contributed by atoms with E-state index in [1.54, 1.807) is 31.3 Å². The highest BCUT2D eigenvalue weighted by Crippen LogP contribution is 2.30. The van der Waals surface area contributed by atoms with Crippen LogP contribution in [0.5, 0.6) is 5.75 Å². The van der Waals surface area contributed by atoms with Crippen LogP contribution in [0.3, 0.4) is 0 Å². The lowest BCUT2D eigenvalue weighted by Gasteiger charge is -2.22. The fourth-order valence-corrected chi connectivity index (χ4v) is 3.86. The number of benzene rings is 2. The van der Waals surface area contributed by atoms with Crippen molar-refractivity contribution in [3.8, 4) is 16.9 Å². The minimum Gasteiger partial charge on any atom is -0.494 e. The Labute approximate surface area is 205 Å². The molecular formula is C28H31FN2O4. The lowest BCUT2D eigenvalue weighted by molar-refractivity contribution is -0.133. The van der Waals surface area contributed by atoms with Crippen molar-refractivity contribution >= 4 is 5.91 Å². The number of aliphatic hydroxyl groups excluding tert-OH is 1. The highest BCUT2D eigenvalue weighted by molar-refractivity contribution is 5.94. The number of hydrogen-bond acceptors (Lipinski definition) is 5. The lowest BCUT2D eigenvalue weighted by Crippen LogP contribution is -2.31. The molecule has 0 saturated heterocycles. The minimum absolute atomic E-state index is 0.0989. The molecule has 0 bridgehead atoms. The maximum atomic E-state index is 14.2. The molecule has 6 nitrogen and oxygen atoms in total. The van der Waals surface area contributed by atoms with Crippen molar-refractivity contribution in [2.45, 2.75) is 45.3 Å². The third-order valence-corrected chi connectivity index (χ3v) is 6.08. The van der Waals surface area contributed by atoms with Crippen LogP contribution in [-0.2, 0) is 17.8 Å². The molecule has 184 valence electrons. The normalized spacial score (nSPS) is 13.9. The molecule has 1 heterocycles. The standard InChI is InChI=1S/C28H31FN2O4/c1-19(32)7-11-22-5-3-4-6-25(22)23-14-24(16-30-15-23)28(33)31(35-18-20-8-9-20)17-21-10-12-27(34-2)26(29)13-21/h3-6,10,12-16,19-20,32H,7-9,11,17-18H2,1-2H3/t19-/m1/s1. The first-order valence-electron chi connectivity index (χ1n) is 11.9. The summed E-state index contributed by atoms with van der Waals surface area (Å²) in [4.78, 5) is 23.7. The van der Waals surface area contributed by atoms with Gasteiger partial charge >= 0.3 is 0 Å². The molecule has 0 radical (unpaired) electrons. The van der Waals surface area contributed by atoms with Gasteiger partial charge in [-0.05, 0) is 73.4 Å². The number of carbonyl (C=O) groups excluding carboxylic acids is 1. The summed E-state index contributed by atoms with van der Waals surface area (Å²) >= 11 is 0. The molecule has 1 amide bonds. The third-order valence-electron chi connectivity index (χ3n) is 6.08. The second-order valence-corrected chi connectivity index (χ2v) is 9.06. The van der Waals surface area contributed by atoms with E-state index in [1.807, 2.05) is 24.3 Å². The molecule has 1 aromatic heterocycles. The van der Waals surface area contributed by atoms with E-state index in [-0.39, 0.29) is 18.2 Å². The summed E-state index contributed by atoms with van der Waals surface area (Å²) in [5.74, 6) is -0.227. The Bertz CT molecular complexity index is 1160. The van der Waals surface area contributed by atoms with Crippen molar-refractivity contribution in [1.29, 1.82) is 0 Å². The predicted molar refractivity (Wildman–Crippen MR) is 131 cm³/mol. The number of aromatic nitrogens is 1. The summed E-state index contributed by atoms with van der Waals surface area (Å²) in [5.41, 5.74) is 3.85. The fraction of sp³-hybridized carbons (Fsp3) is 0.357. The Balaban J connectivity index is 1.58. The smallest absolute Gasteiger partial charge is 0.279 e. The van der Waals surface area contributed by atoms with Crippen molar-refractivity contribution in [3.63, 3.8) is 0 Å². The number of aliphatic hydroxyl groups is 1. The molecule has 0 unspecified atom stereocenters. The van der Waals surface area contributed by atoms with Gasteiger partial charge in [-0.2, -0.15) is 0 Å². The number of pyridine rings is 1. The largest absolute Gasteiger partial charge is 0.494 e. The number of amides is 1. The first-order valence-corrected chi connectivity index (χ1v) is 11.9. The van der Waals surface area contributed by atoms with Crippen LogP contribution in [0, 0.1) is 11.7 Å². The topological polar surface area (TPSA) is 71.9 Å². The number of halogens is 1. The number of ether oxygens (including phenoxy) is 1. The zero-order chi connectivity index (χ0) is 24.8. The van der Waals surface area contributed by atoms with E-state index >= 15 is 0 Å². The van der Waals surface area contributed by atoms with Gasteiger partial charge in [0, 0.05) is 18.0 Å². The number of hydrogen-bond donors (Lipinski definition) is 1. The molecule has 7 heteroatoms. The molecule has 1 fully saturated rings. The lowest BCUT2D eigenvalue weighted by atomic mass is 9.96. The van der Waals surface area contributed by atoms with Gasteiger partial charge < -0.3 is 9.84 Å². The molecule has 1 saturated carbocycles. The summed E-state index contributed by atoms with van der Waals surface area (Å²) in [6, 6.07) is 14.3. The maximum absolute atomic E-state index is 14.2. The quantitative estimate of drug-likeness (QED) is 0.384. The molecule has 1 aliphatic carbocycles. The van der Waals surface area contributed by atoms with Crippen LogP contribution < -0.4 is 4.74 Å². The average Bonchev–Trinajstić information content (AvgIpc) is 3.70. The summed E-state index contributed by atoms with van der Waals surface area (Å²) in [6.07, 6.45) is 6.38. The summed E-state index contributed by atoms with van der Waals surface area (Å²) < 4.78 is 19.2. The Kier molecular flexibility index (Phi) is 8.10. The van der Waals surface area contributed by atoms with Gasteiger partial charge in [-0.25, -0.2) is 9.45 Å². The molecular weight excluding hydrogens is 447 g/mol. The second-order valence-electron chi connectivity index (χ2n) is 9.06.